The Morgan fingerprint density at radius 3 is 2.56 bits per heavy atom. The number of amides is 1. The molecule has 1 amide bonds. The Balaban J connectivity index is 1.85. The molecule has 7 heteroatoms. The van der Waals surface area contributed by atoms with Crippen molar-refractivity contribution in [2.45, 2.75) is 35.1 Å². The zero-order valence-electron chi connectivity index (χ0n) is 13.4. The van der Waals surface area contributed by atoms with E-state index in [0.29, 0.717) is 17.7 Å². The molecule has 0 spiro atoms. The highest BCUT2D eigenvalue weighted by Gasteiger charge is 2.53. The lowest BCUT2D eigenvalue weighted by Gasteiger charge is -2.46. The highest BCUT2D eigenvalue weighted by atomic mass is 32.2. The molecular formula is C18H16FNO4S. The van der Waals surface area contributed by atoms with E-state index in [-0.39, 0.29) is 4.90 Å². The molecule has 0 aromatic heterocycles. The molecule has 25 heavy (non-hydrogen) atoms. The van der Waals surface area contributed by atoms with E-state index < -0.39 is 38.5 Å². The van der Waals surface area contributed by atoms with Crippen LogP contribution >= 0.6 is 0 Å². The minimum absolute atomic E-state index is 0.0679. The molecule has 1 N–H and O–H groups in total. The van der Waals surface area contributed by atoms with Gasteiger partial charge in [-0.15, -0.1) is 0 Å². The number of fused-ring (bicyclic) bond motifs is 4. The minimum atomic E-state index is -3.98. The number of nitrogens with one attached hydrogen (secondary N) is 1. The number of hydrogen-bond donors (Lipinski definition) is 1. The summed E-state index contributed by atoms with van der Waals surface area (Å²) in [5.41, 5.74) is -0.240. The van der Waals surface area contributed by atoms with Gasteiger partial charge < -0.3 is 10.1 Å². The lowest BCUT2D eigenvalue weighted by Crippen LogP contribution is -2.63. The standard InChI is InChI=1S/C18H16FNO4S/c1-18-10-14(13-4-2-3-5-15(13)24-18)16(17(21)20-18)25(22,23)12-8-6-11(19)7-9-12/h2-9,14,16H,10H2,1H3,(H,20,21)/t14-,16-,18-/m0/s1. The number of halogens is 1. The van der Waals surface area contributed by atoms with Gasteiger partial charge in [0.15, 0.2) is 20.8 Å². The predicted octanol–water partition coefficient (Wildman–Crippen LogP) is 2.38. The molecule has 1 saturated heterocycles. The average molecular weight is 361 g/mol. The van der Waals surface area contributed by atoms with Crippen molar-refractivity contribution in [1.29, 1.82) is 0 Å². The lowest BCUT2D eigenvalue weighted by atomic mass is 9.81. The number of sulfone groups is 1. The Morgan fingerprint density at radius 2 is 1.84 bits per heavy atom. The van der Waals surface area contributed by atoms with Crippen LogP contribution in [0, 0.1) is 5.82 Å². The van der Waals surface area contributed by atoms with E-state index in [0.717, 1.165) is 12.1 Å². The quantitative estimate of drug-likeness (QED) is 0.834. The van der Waals surface area contributed by atoms with Gasteiger partial charge in [-0.25, -0.2) is 12.8 Å². The molecule has 5 nitrogen and oxygen atoms in total. The molecule has 1 fully saturated rings. The van der Waals surface area contributed by atoms with E-state index in [4.69, 9.17) is 4.74 Å². The summed E-state index contributed by atoms with van der Waals surface area (Å²) in [6.07, 6.45) is 0.348. The minimum Gasteiger partial charge on any atom is -0.468 e. The number of para-hydroxylation sites is 1. The van der Waals surface area contributed by atoms with Crippen molar-refractivity contribution in [1.82, 2.24) is 5.32 Å². The second kappa shape index (κ2) is 5.29. The molecule has 0 saturated carbocycles. The predicted molar refractivity (Wildman–Crippen MR) is 88.3 cm³/mol. The topological polar surface area (TPSA) is 72.5 Å². The van der Waals surface area contributed by atoms with E-state index in [9.17, 15) is 17.6 Å². The maximum atomic E-state index is 13.2. The van der Waals surface area contributed by atoms with E-state index in [2.05, 4.69) is 5.32 Å². The Labute approximate surface area is 144 Å². The molecule has 2 aromatic carbocycles. The van der Waals surface area contributed by atoms with Crippen molar-refractivity contribution in [2.75, 3.05) is 0 Å². The van der Waals surface area contributed by atoms with Crippen molar-refractivity contribution in [2.24, 2.45) is 0 Å². The van der Waals surface area contributed by atoms with Gasteiger partial charge in [-0.2, -0.15) is 0 Å². The van der Waals surface area contributed by atoms with Crippen LogP contribution in [0.25, 0.3) is 0 Å². The van der Waals surface area contributed by atoms with Crippen LogP contribution in [0.3, 0.4) is 0 Å². The van der Waals surface area contributed by atoms with Gasteiger partial charge in [0.1, 0.15) is 11.6 Å². The third-order valence-electron chi connectivity index (χ3n) is 4.75. The summed E-state index contributed by atoms with van der Waals surface area (Å²) in [6, 6.07) is 11.7. The van der Waals surface area contributed by atoms with E-state index in [1.807, 2.05) is 0 Å². The summed E-state index contributed by atoms with van der Waals surface area (Å²) in [5.74, 6) is -1.09. The van der Waals surface area contributed by atoms with Gasteiger partial charge >= 0.3 is 0 Å². The Hall–Kier alpha value is -2.41. The SMILES string of the molecule is C[C@@]12C[C@@H](c3ccccc3O1)[C@H](S(=O)(=O)c1ccc(F)cc1)C(=O)N2. The van der Waals surface area contributed by atoms with Crippen LogP contribution in [0.15, 0.2) is 53.4 Å². The normalized spacial score (nSPS) is 27.8. The summed E-state index contributed by atoms with van der Waals surface area (Å²) in [4.78, 5) is 12.6. The molecular weight excluding hydrogens is 345 g/mol. The number of rotatable bonds is 2. The Bertz CT molecular complexity index is 957. The van der Waals surface area contributed by atoms with Crippen LogP contribution in [-0.4, -0.2) is 25.3 Å². The van der Waals surface area contributed by atoms with Crippen molar-refractivity contribution in [3.63, 3.8) is 0 Å². The maximum Gasteiger partial charge on any atom is 0.242 e. The summed E-state index contributed by atoms with van der Waals surface area (Å²) in [5, 5.41) is 1.41. The number of ether oxygens (including phenoxy) is 1. The number of hydrogen-bond acceptors (Lipinski definition) is 4. The van der Waals surface area contributed by atoms with Gasteiger partial charge in [-0.05, 0) is 42.8 Å². The number of carbonyl (C=O) groups is 1. The average Bonchev–Trinajstić information content (AvgIpc) is 2.54. The zero-order chi connectivity index (χ0) is 17.8. The van der Waals surface area contributed by atoms with E-state index in [1.54, 1.807) is 31.2 Å². The summed E-state index contributed by atoms with van der Waals surface area (Å²) in [7, 11) is -3.98. The Kier molecular flexibility index (Phi) is 3.40. The number of benzene rings is 2. The number of piperidine rings is 1. The van der Waals surface area contributed by atoms with Gasteiger partial charge in [0.25, 0.3) is 0 Å². The summed E-state index contributed by atoms with van der Waals surface area (Å²) in [6.45, 7) is 1.73. The first-order valence-corrected chi connectivity index (χ1v) is 9.44. The van der Waals surface area contributed by atoms with Crippen LogP contribution in [0.4, 0.5) is 4.39 Å². The molecule has 4 rings (SSSR count). The van der Waals surface area contributed by atoms with Crippen LogP contribution < -0.4 is 10.1 Å². The molecule has 130 valence electrons. The molecule has 2 heterocycles. The van der Waals surface area contributed by atoms with E-state index >= 15 is 0 Å². The fourth-order valence-electron chi connectivity index (χ4n) is 3.68. The van der Waals surface area contributed by atoms with Gasteiger partial charge in [0.05, 0.1) is 4.90 Å². The molecule has 2 bridgehead atoms. The largest absolute Gasteiger partial charge is 0.468 e. The number of carbonyl (C=O) groups excluding carboxylic acids is 1. The summed E-state index contributed by atoms with van der Waals surface area (Å²) >= 11 is 0. The van der Waals surface area contributed by atoms with Crippen molar-refractivity contribution in [3.8, 4) is 5.75 Å². The third-order valence-corrected chi connectivity index (χ3v) is 6.89. The molecule has 2 aliphatic heterocycles. The highest BCUT2D eigenvalue weighted by Crippen LogP contribution is 2.46. The Morgan fingerprint density at radius 1 is 1.16 bits per heavy atom. The van der Waals surface area contributed by atoms with Crippen molar-refractivity contribution in [3.05, 3.63) is 59.9 Å². The van der Waals surface area contributed by atoms with Gasteiger partial charge in [-0.3, -0.25) is 4.79 Å². The first-order valence-electron chi connectivity index (χ1n) is 7.90. The second-order valence-electron chi connectivity index (χ2n) is 6.59. The van der Waals surface area contributed by atoms with Crippen LogP contribution in [-0.2, 0) is 14.6 Å². The first kappa shape index (κ1) is 16.1. The fraction of sp³-hybridized carbons (Fsp3) is 0.278. The van der Waals surface area contributed by atoms with Crippen molar-refractivity contribution < 1.29 is 22.3 Å². The second-order valence-corrected chi connectivity index (χ2v) is 8.66. The molecule has 2 aromatic rings. The molecule has 0 radical (unpaired) electrons. The van der Waals surface area contributed by atoms with Crippen LogP contribution in [0.2, 0.25) is 0 Å². The molecule has 0 aliphatic carbocycles. The summed E-state index contributed by atoms with van der Waals surface area (Å²) < 4.78 is 45.2. The zero-order valence-corrected chi connectivity index (χ0v) is 14.2. The molecule has 3 atom stereocenters. The first-order chi connectivity index (χ1) is 11.8. The fourth-order valence-corrected chi connectivity index (χ4v) is 5.51. The third kappa shape index (κ3) is 2.50. The van der Waals surface area contributed by atoms with Gasteiger partial charge in [0, 0.05) is 12.3 Å². The van der Waals surface area contributed by atoms with E-state index in [1.165, 1.54) is 12.1 Å². The highest BCUT2D eigenvalue weighted by molar-refractivity contribution is 7.92. The van der Waals surface area contributed by atoms with Gasteiger partial charge in [0.2, 0.25) is 5.91 Å². The van der Waals surface area contributed by atoms with Crippen molar-refractivity contribution >= 4 is 15.7 Å². The smallest absolute Gasteiger partial charge is 0.242 e. The molecule has 0 unspecified atom stereocenters. The molecule has 2 aliphatic rings. The lowest BCUT2D eigenvalue weighted by molar-refractivity contribution is -0.132. The monoisotopic (exact) mass is 361 g/mol. The van der Waals surface area contributed by atoms with Crippen LogP contribution in [0.5, 0.6) is 5.75 Å². The maximum absolute atomic E-state index is 13.2. The van der Waals surface area contributed by atoms with Crippen LogP contribution in [0.1, 0.15) is 24.8 Å². The van der Waals surface area contributed by atoms with Gasteiger partial charge in [-0.1, -0.05) is 18.2 Å².